The maximum Gasteiger partial charge on any atom is 0.332 e. The van der Waals surface area contributed by atoms with E-state index in [1.54, 1.807) is 11.6 Å². The first-order valence-electron chi connectivity index (χ1n) is 8.39. The van der Waals surface area contributed by atoms with E-state index in [1.165, 1.54) is 30.8 Å². The molecule has 1 aliphatic heterocycles. The molecule has 0 bridgehead atoms. The van der Waals surface area contributed by atoms with Crippen molar-refractivity contribution >= 4 is 17.1 Å². The Labute approximate surface area is 139 Å². The summed E-state index contributed by atoms with van der Waals surface area (Å²) in [6, 6.07) is 0. The van der Waals surface area contributed by atoms with E-state index in [0.717, 1.165) is 30.5 Å². The van der Waals surface area contributed by atoms with E-state index >= 15 is 0 Å². The van der Waals surface area contributed by atoms with Crippen molar-refractivity contribution in [2.75, 3.05) is 13.1 Å². The SMILES string of the molecule is Cn1c(=O)c2c(ncn2CCC(=O)N2CCCCCC2)n(C)c1=O. The van der Waals surface area contributed by atoms with Gasteiger partial charge in [0, 0.05) is 40.2 Å². The lowest BCUT2D eigenvalue weighted by molar-refractivity contribution is -0.131. The standard InChI is InChI=1S/C16H23N5O3/c1-18-14-13(15(23)19(2)16(18)24)21(11-17-14)10-7-12(22)20-8-5-3-4-6-9-20/h11H,3-10H2,1-2H3. The Morgan fingerprint density at radius 3 is 2.42 bits per heavy atom. The third-order valence-corrected chi connectivity index (χ3v) is 4.74. The van der Waals surface area contributed by atoms with Gasteiger partial charge in [-0.3, -0.25) is 18.7 Å². The number of rotatable bonds is 3. The smallest absolute Gasteiger partial charge is 0.332 e. The van der Waals surface area contributed by atoms with Crippen LogP contribution in [-0.4, -0.2) is 42.6 Å². The van der Waals surface area contributed by atoms with E-state index < -0.39 is 5.69 Å². The minimum atomic E-state index is -0.404. The lowest BCUT2D eigenvalue weighted by Crippen LogP contribution is -2.37. The molecule has 0 aromatic carbocycles. The molecule has 2 aromatic rings. The van der Waals surface area contributed by atoms with Gasteiger partial charge in [-0.25, -0.2) is 9.78 Å². The van der Waals surface area contributed by atoms with Crippen LogP contribution >= 0.6 is 0 Å². The molecule has 3 rings (SSSR count). The van der Waals surface area contributed by atoms with E-state index in [0.29, 0.717) is 24.1 Å². The zero-order valence-corrected chi connectivity index (χ0v) is 14.2. The highest BCUT2D eigenvalue weighted by Crippen LogP contribution is 2.12. The molecule has 0 unspecified atom stereocenters. The van der Waals surface area contributed by atoms with Crippen LogP contribution in [0.1, 0.15) is 32.1 Å². The Morgan fingerprint density at radius 2 is 1.75 bits per heavy atom. The molecule has 8 heteroatoms. The fourth-order valence-corrected chi connectivity index (χ4v) is 3.26. The van der Waals surface area contributed by atoms with Crippen LogP contribution < -0.4 is 11.2 Å². The van der Waals surface area contributed by atoms with Crippen LogP contribution in [0.3, 0.4) is 0 Å². The number of nitrogens with zero attached hydrogens (tertiary/aromatic N) is 5. The molecule has 0 spiro atoms. The summed E-state index contributed by atoms with van der Waals surface area (Å²) >= 11 is 0. The van der Waals surface area contributed by atoms with Gasteiger partial charge in [0.25, 0.3) is 5.56 Å². The molecule has 1 saturated heterocycles. The van der Waals surface area contributed by atoms with Crippen molar-refractivity contribution < 1.29 is 4.79 Å². The van der Waals surface area contributed by atoms with Crippen LogP contribution in [0, 0.1) is 0 Å². The van der Waals surface area contributed by atoms with Crippen molar-refractivity contribution in [2.45, 2.75) is 38.6 Å². The van der Waals surface area contributed by atoms with Crippen LogP contribution in [0.15, 0.2) is 15.9 Å². The molecule has 8 nitrogen and oxygen atoms in total. The van der Waals surface area contributed by atoms with Crippen LogP contribution in [0.2, 0.25) is 0 Å². The summed E-state index contributed by atoms with van der Waals surface area (Å²) in [4.78, 5) is 42.8. The van der Waals surface area contributed by atoms with E-state index in [2.05, 4.69) is 4.98 Å². The van der Waals surface area contributed by atoms with Crippen LogP contribution in [0.4, 0.5) is 0 Å². The fourth-order valence-electron chi connectivity index (χ4n) is 3.26. The second kappa shape index (κ2) is 6.62. The topological polar surface area (TPSA) is 82.1 Å². The summed E-state index contributed by atoms with van der Waals surface area (Å²) in [6.45, 7) is 2.03. The molecule has 24 heavy (non-hydrogen) atoms. The Morgan fingerprint density at radius 1 is 1.08 bits per heavy atom. The van der Waals surface area contributed by atoms with Crippen molar-refractivity contribution in [3.8, 4) is 0 Å². The molecule has 0 N–H and O–H groups in total. The van der Waals surface area contributed by atoms with Gasteiger partial charge in [-0.2, -0.15) is 0 Å². The molecular formula is C16H23N5O3. The number of aromatic nitrogens is 4. The van der Waals surface area contributed by atoms with Crippen molar-refractivity contribution in [3.63, 3.8) is 0 Å². The molecule has 2 aromatic heterocycles. The molecular weight excluding hydrogens is 310 g/mol. The summed E-state index contributed by atoms with van der Waals surface area (Å²) in [7, 11) is 3.04. The van der Waals surface area contributed by atoms with Gasteiger partial charge >= 0.3 is 5.69 Å². The van der Waals surface area contributed by atoms with E-state index in [-0.39, 0.29) is 11.5 Å². The van der Waals surface area contributed by atoms with E-state index in [9.17, 15) is 14.4 Å². The first-order valence-corrected chi connectivity index (χ1v) is 8.39. The summed E-state index contributed by atoms with van der Waals surface area (Å²) in [6.07, 6.45) is 6.34. The van der Waals surface area contributed by atoms with Gasteiger partial charge in [0.1, 0.15) is 0 Å². The van der Waals surface area contributed by atoms with E-state index in [4.69, 9.17) is 0 Å². The zero-order valence-electron chi connectivity index (χ0n) is 14.2. The average molecular weight is 333 g/mol. The second-order valence-electron chi connectivity index (χ2n) is 6.36. The number of hydrogen-bond acceptors (Lipinski definition) is 4. The highest BCUT2D eigenvalue weighted by atomic mass is 16.2. The summed E-state index contributed by atoms with van der Waals surface area (Å²) in [5.41, 5.74) is -0.0696. The van der Waals surface area contributed by atoms with Gasteiger partial charge in [-0.05, 0) is 12.8 Å². The normalized spacial score (nSPS) is 15.7. The molecule has 1 fully saturated rings. The maximum absolute atomic E-state index is 12.4. The van der Waals surface area contributed by atoms with Gasteiger partial charge in [0.2, 0.25) is 5.91 Å². The highest BCUT2D eigenvalue weighted by Gasteiger charge is 2.18. The summed E-state index contributed by atoms with van der Waals surface area (Å²) in [5.74, 6) is 0.111. The average Bonchev–Trinajstić information content (AvgIpc) is 2.81. The fraction of sp³-hybridized carbons (Fsp3) is 0.625. The Hall–Kier alpha value is -2.38. The van der Waals surface area contributed by atoms with Crippen molar-refractivity contribution in [1.82, 2.24) is 23.6 Å². The third kappa shape index (κ3) is 2.88. The monoisotopic (exact) mass is 333 g/mol. The van der Waals surface area contributed by atoms with Gasteiger partial charge in [0.05, 0.1) is 6.33 Å². The molecule has 0 aliphatic carbocycles. The van der Waals surface area contributed by atoms with Gasteiger partial charge in [0.15, 0.2) is 11.2 Å². The summed E-state index contributed by atoms with van der Waals surface area (Å²) in [5, 5.41) is 0. The summed E-state index contributed by atoms with van der Waals surface area (Å²) < 4.78 is 4.09. The quantitative estimate of drug-likeness (QED) is 0.805. The number of fused-ring (bicyclic) bond motifs is 1. The molecule has 0 atom stereocenters. The van der Waals surface area contributed by atoms with Crippen molar-refractivity contribution in [3.05, 3.63) is 27.2 Å². The molecule has 1 aliphatic rings. The maximum atomic E-state index is 12.4. The number of carbonyl (C=O) groups is 1. The second-order valence-corrected chi connectivity index (χ2v) is 6.36. The number of aryl methyl sites for hydroxylation is 2. The van der Waals surface area contributed by atoms with Crippen LogP contribution in [0.5, 0.6) is 0 Å². The molecule has 0 saturated carbocycles. The van der Waals surface area contributed by atoms with Gasteiger partial charge < -0.3 is 9.47 Å². The number of carbonyl (C=O) groups excluding carboxylic acids is 1. The molecule has 130 valence electrons. The number of amides is 1. The van der Waals surface area contributed by atoms with Gasteiger partial charge in [-0.1, -0.05) is 12.8 Å². The molecule has 3 heterocycles. The Bertz CT molecular complexity index is 868. The lowest BCUT2D eigenvalue weighted by atomic mass is 10.2. The van der Waals surface area contributed by atoms with E-state index in [1.807, 2.05) is 4.90 Å². The Kier molecular flexibility index (Phi) is 4.55. The first-order chi connectivity index (χ1) is 11.5. The Balaban J connectivity index is 1.82. The number of imidazole rings is 1. The van der Waals surface area contributed by atoms with Crippen LogP contribution in [-0.2, 0) is 25.4 Å². The first kappa shape index (κ1) is 16.5. The van der Waals surface area contributed by atoms with Crippen LogP contribution in [0.25, 0.3) is 11.2 Å². The minimum absolute atomic E-state index is 0.111. The molecule has 1 amide bonds. The predicted octanol–water partition coefficient (Wildman–Crippen LogP) is 0.226. The number of likely N-dealkylation sites (tertiary alicyclic amines) is 1. The number of hydrogen-bond donors (Lipinski definition) is 0. The van der Waals surface area contributed by atoms with Crippen molar-refractivity contribution in [2.24, 2.45) is 14.1 Å². The third-order valence-electron chi connectivity index (χ3n) is 4.74. The highest BCUT2D eigenvalue weighted by molar-refractivity contribution is 5.76. The zero-order chi connectivity index (χ0) is 17.3. The largest absolute Gasteiger partial charge is 0.343 e. The van der Waals surface area contributed by atoms with Crippen molar-refractivity contribution in [1.29, 1.82) is 0 Å². The minimum Gasteiger partial charge on any atom is -0.343 e. The molecule has 0 radical (unpaired) electrons. The van der Waals surface area contributed by atoms with Gasteiger partial charge in [-0.15, -0.1) is 0 Å². The predicted molar refractivity (Wildman–Crippen MR) is 89.9 cm³/mol. The lowest BCUT2D eigenvalue weighted by Gasteiger charge is -2.20.